The Morgan fingerprint density at radius 3 is 0.607 bits per heavy atom. The van der Waals surface area contributed by atoms with E-state index in [4.69, 9.17) is 0 Å². The van der Waals surface area contributed by atoms with Gasteiger partial charge in [0.2, 0.25) is 17.1 Å². The van der Waals surface area contributed by atoms with E-state index in [0.717, 1.165) is 25.7 Å². The van der Waals surface area contributed by atoms with Crippen LogP contribution in [-0.4, -0.2) is 0 Å². The standard InChI is InChI=1S/C17H16N.2C13H14N.2C13H10.2C8H12N.3C7H8.17C2H6/c1-13-7-3-5-9-15(13)17-16-10-6-4-8-14(16)11-12-18(17)2;2*1-11-7-3-4-8-12(11)13-9-5-6-10-14(13)2;2*1-3-7-12-10(5-1)9-11-6-2-4-8-13(11)12;2*1-3-8-6-4-5-7-9(8)2;3*1-7-5-3-2-4-6-7;17*1-2/h3-12H,1-2H3;2*3-10H,1-2H3;2*1-8H,9H2;2*4-7H,3H2,1-2H3;3*2-6H,1H3;17*1-2H3/q3*+1;;;2*+1;;;;;;;;;;;;;;;;;;;;. The first kappa shape index (κ1) is 150. The lowest BCUT2D eigenvalue weighted by Crippen LogP contribution is -2.32. The van der Waals surface area contributed by atoms with Gasteiger partial charge in [0.25, 0.3) is 0 Å². The van der Waals surface area contributed by atoms with E-state index in [1.54, 1.807) is 0 Å². The molecule has 5 nitrogen and oxygen atoms in total. The number of hydrogen-bond acceptors (Lipinski definition) is 0. The molecule has 0 saturated heterocycles. The van der Waals surface area contributed by atoms with E-state index in [9.17, 15) is 0 Å². The Morgan fingerprint density at radius 2 is 0.379 bits per heavy atom. The first-order chi connectivity index (χ1) is 71.1. The minimum Gasteiger partial charge on any atom is -0.205 e. The van der Waals surface area contributed by atoms with E-state index in [1.807, 2.05) is 314 Å². The minimum absolute atomic E-state index is 1.10. The third kappa shape index (κ3) is 62.0. The Balaban J connectivity index is -0.000000198. The summed E-state index contributed by atoms with van der Waals surface area (Å²) < 4.78 is 10.8. The van der Waals surface area contributed by atoms with Crippen molar-refractivity contribution in [3.05, 3.63) is 462 Å². The van der Waals surface area contributed by atoms with Gasteiger partial charge in [0.15, 0.2) is 42.4 Å². The zero-order valence-electron chi connectivity index (χ0n) is 102. The second-order valence-electron chi connectivity index (χ2n) is 28.0. The fourth-order valence-corrected chi connectivity index (χ4v) is 13.4. The fourth-order valence-electron chi connectivity index (χ4n) is 13.4. The van der Waals surface area contributed by atoms with E-state index >= 15 is 0 Å². The van der Waals surface area contributed by atoms with Gasteiger partial charge in [-0.2, -0.15) is 0 Å². The van der Waals surface area contributed by atoms with Crippen LogP contribution in [0.5, 0.6) is 0 Å². The highest BCUT2D eigenvalue weighted by molar-refractivity contribution is 5.93. The number of pyridine rings is 5. The van der Waals surface area contributed by atoms with E-state index in [1.165, 1.54) is 134 Å². The van der Waals surface area contributed by atoms with Gasteiger partial charge in [0.05, 0.1) is 5.39 Å². The topological polar surface area (TPSA) is 19.4 Å². The highest BCUT2D eigenvalue weighted by Crippen LogP contribution is 2.37. The highest BCUT2D eigenvalue weighted by atomic mass is 14.9. The molecular weight excluding hydrogens is 1750 g/mol. The molecule has 18 rings (SSSR count). The Morgan fingerprint density at radius 1 is 0.172 bits per heavy atom. The maximum absolute atomic E-state index is 2.22. The van der Waals surface area contributed by atoms with Crippen molar-refractivity contribution < 1.29 is 22.8 Å². The summed E-state index contributed by atoms with van der Waals surface area (Å²) in [6, 6.07) is 127. The molecule has 0 amide bonds. The van der Waals surface area contributed by atoms with E-state index in [0.29, 0.717) is 0 Å². The minimum atomic E-state index is 1.10. The maximum Gasteiger partial charge on any atom is 0.220 e. The van der Waals surface area contributed by atoms with Crippen LogP contribution in [-0.2, 0) is 60.9 Å². The Kier molecular flexibility index (Phi) is 113. The molecule has 0 saturated carbocycles. The van der Waals surface area contributed by atoms with Crippen LogP contribution in [0.3, 0.4) is 0 Å². The number of aromatic nitrogens is 5. The molecule has 5 aromatic heterocycles. The molecule has 2 aliphatic carbocycles. The van der Waals surface area contributed by atoms with Crippen LogP contribution in [0.1, 0.15) is 316 Å². The van der Waals surface area contributed by atoms with Crippen molar-refractivity contribution in [3.8, 4) is 56.0 Å². The lowest BCUT2D eigenvalue weighted by atomic mass is 10.00. The number of aryl methyl sites for hydroxylation is 13. The van der Waals surface area contributed by atoms with Crippen molar-refractivity contribution in [2.45, 2.75) is 316 Å². The SMILES string of the molecule is CC.CC.CC.CC.CC.CC.CC.CC.CC.CC.CC.CC.CC.CC.CC.CC.CC.CCc1cccc[n+]1C.CCc1cccc[n+]1C.Cc1ccccc1.Cc1ccccc1.Cc1ccccc1.Cc1ccccc1-c1c2ccccc2cc[n+]1C.Cc1ccccc1-c1cccc[n+]1C.Cc1ccccc1-c1cccc[n+]1C.c1ccc2c(c1)Cc1ccccc1-2.c1ccc2c(c1)Cc1ccccc1-2. The van der Waals surface area contributed by atoms with Gasteiger partial charge in [-0.1, -0.05) is 539 Å². The van der Waals surface area contributed by atoms with Gasteiger partial charge in [-0.3, -0.25) is 0 Å². The average molecular weight is 1970 g/mol. The Bertz CT molecular complexity index is 4990. The molecule has 0 unspecified atom stereocenters. The summed E-state index contributed by atoms with van der Waals surface area (Å²) >= 11 is 0. The van der Waals surface area contributed by atoms with Crippen LogP contribution < -0.4 is 22.8 Å². The molecule has 0 fully saturated rings. The third-order valence-corrected chi connectivity index (χ3v) is 19.7. The molecule has 11 aromatic carbocycles. The zero-order chi connectivity index (χ0) is 113. The molecule has 5 heterocycles. The van der Waals surface area contributed by atoms with E-state index in [-0.39, 0.29) is 0 Å². The predicted molar refractivity (Wildman–Crippen MR) is 661 cm³/mol. The van der Waals surface area contributed by atoms with Crippen molar-refractivity contribution in [2.75, 3.05) is 0 Å². The van der Waals surface area contributed by atoms with Gasteiger partial charge in [-0.25, -0.2) is 22.8 Å². The van der Waals surface area contributed by atoms with Crippen molar-refractivity contribution in [1.29, 1.82) is 0 Å². The molecule has 0 aliphatic heterocycles. The molecule has 0 N–H and O–H groups in total. The third-order valence-electron chi connectivity index (χ3n) is 19.7. The second kappa shape index (κ2) is 109. The highest BCUT2D eigenvalue weighted by Gasteiger charge is 2.19. The molecule has 0 spiro atoms. The van der Waals surface area contributed by atoms with Gasteiger partial charge in [0, 0.05) is 84.1 Å². The molecule has 0 atom stereocenters. The van der Waals surface area contributed by atoms with Crippen molar-refractivity contribution in [1.82, 2.24) is 0 Å². The number of fused-ring (bicyclic) bond motifs is 7. The van der Waals surface area contributed by atoms with E-state index < -0.39 is 0 Å². The molecule has 0 bridgehead atoms. The number of nitrogens with zero attached hydrogens (tertiary/aromatic N) is 5. The summed E-state index contributed by atoms with van der Waals surface area (Å²) in [6.45, 7) is 85.0. The van der Waals surface area contributed by atoms with Crippen LogP contribution in [0, 0.1) is 41.5 Å². The molecule has 5 heteroatoms. The molecule has 794 valence electrons. The predicted octanol–water partition coefficient (Wildman–Crippen LogP) is 40.7. The van der Waals surface area contributed by atoms with Crippen molar-refractivity contribution in [2.24, 2.45) is 35.2 Å². The molecule has 16 aromatic rings. The first-order valence-corrected chi connectivity index (χ1v) is 55.8. The fraction of sp³-hybridized carbons (Fsp3) is 0.364. The lowest BCUT2D eigenvalue weighted by molar-refractivity contribution is -0.679. The molecule has 0 radical (unpaired) electrons. The van der Waals surface area contributed by atoms with E-state index in [2.05, 4.69) is 430 Å². The van der Waals surface area contributed by atoms with Crippen LogP contribution in [0.15, 0.2) is 395 Å². The maximum atomic E-state index is 2.22. The molecule has 2 aliphatic rings. The van der Waals surface area contributed by atoms with Gasteiger partial charge in [-0.05, 0) is 157 Å². The number of rotatable bonds is 5. The van der Waals surface area contributed by atoms with Gasteiger partial charge >= 0.3 is 0 Å². The average Bonchev–Trinajstić information content (AvgIpc) is 1.67. The quantitative estimate of drug-likeness (QED) is 0.153. The van der Waals surface area contributed by atoms with Crippen LogP contribution in [0.2, 0.25) is 0 Å². The van der Waals surface area contributed by atoms with Crippen LogP contribution in [0.25, 0.3) is 66.8 Å². The zero-order valence-corrected chi connectivity index (χ0v) is 102. The van der Waals surface area contributed by atoms with Gasteiger partial charge < -0.3 is 0 Å². The monoisotopic (exact) mass is 1970 g/mol. The van der Waals surface area contributed by atoms with Crippen LogP contribution in [0.4, 0.5) is 0 Å². The number of benzene rings is 11. The second-order valence-corrected chi connectivity index (χ2v) is 28.0. The first-order valence-electron chi connectivity index (χ1n) is 55.8. The van der Waals surface area contributed by atoms with Gasteiger partial charge in [-0.15, -0.1) is 0 Å². The summed E-state index contributed by atoms with van der Waals surface area (Å²) in [7, 11) is 10.4. The van der Waals surface area contributed by atoms with Crippen LogP contribution >= 0.6 is 0 Å². The summed E-state index contributed by atoms with van der Waals surface area (Å²) in [5, 5.41) is 2.59. The van der Waals surface area contributed by atoms with Gasteiger partial charge in [0.1, 0.15) is 35.2 Å². The molecular formula is C140H214N5+5. The summed E-state index contributed by atoms with van der Waals surface area (Å²) in [5.41, 5.74) is 29.9. The normalized spacial score (nSPS) is 8.66. The number of hydrogen-bond donors (Lipinski definition) is 0. The summed E-state index contributed by atoms with van der Waals surface area (Å²) in [6.07, 6.45) is 14.8. The Hall–Kier alpha value is -12.6. The summed E-state index contributed by atoms with van der Waals surface area (Å²) in [4.78, 5) is 0. The Labute approximate surface area is 897 Å². The largest absolute Gasteiger partial charge is 0.220 e. The smallest absolute Gasteiger partial charge is 0.205 e. The summed E-state index contributed by atoms with van der Waals surface area (Å²) in [5.74, 6) is 0. The molecule has 145 heavy (non-hydrogen) atoms. The van der Waals surface area contributed by atoms with Crippen molar-refractivity contribution >= 4 is 10.8 Å². The van der Waals surface area contributed by atoms with Crippen molar-refractivity contribution in [3.63, 3.8) is 0 Å². The lowest BCUT2D eigenvalue weighted by Gasteiger charge is -2.07.